The first-order valence-corrected chi connectivity index (χ1v) is 13.7. The van der Waals surface area contributed by atoms with E-state index in [-0.39, 0.29) is 0 Å². The zero-order valence-corrected chi connectivity index (χ0v) is 19.7. The Kier molecular flexibility index (Phi) is 5.11. The molecule has 0 radical (unpaired) electrons. The summed E-state index contributed by atoms with van der Waals surface area (Å²) in [6.45, 7) is 8.47. The lowest BCUT2D eigenvalue weighted by Crippen LogP contribution is -2.48. The lowest BCUT2D eigenvalue weighted by molar-refractivity contribution is -0.0596. The summed E-state index contributed by atoms with van der Waals surface area (Å²) in [6.07, 6.45) is 19.5. The predicted molar refractivity (Wildman–Crippen MR) is 125 cm³/mol. The molecule has 0 aromatic rings. The molecule has 1 saturated heterocycles. The summed E-state index contributed by atoms with van der Waals surface area (Å²) in [5.74, 6) is 6.35. The Labute approximate surface area is 185 Å². The summed E-state index contributed by atoms with van der Waals surface area (Å²) in [5.41, 5.74) is 0.701. The van der Waals surface area contributed by atoms with Crippen LogP contribution < -0.4 is 0 Å². The van der Waals surface area contributed by atoms with Gasteiger partial charge in [0.25, 0.3) is 0 Å². The van der Waals surface area contributed by atoms with E-state index in [1.165, 1.54) is 64.0 Å². The molecule has 30 heavy (non-hydrogen) atoms. The van der Waals surface area contributed by atoms with Gasteiger partial charge in [0.2, 0.25) is 0 Å². The first kappa shape index (κ1) is 19.9. The SMILES string of the molecule is CC(C)C[C@@H]1CN2C(=NC[C@@H]2C2CCCCC2)N1CCC12CC3CC(CC(C3)C1)C2. The maximum absolute atomic E-state index is 5.23. The van der Waals surface area contributed by atoms with Crippen molar-refractivity contribution in [2.24, 2.45) is 40.0 Å². The van der Waals surface area contributed by atoms with Crippen molar-refractivity contribution in [3.8, 4) is 0 Å². The normalized spacial score (nSPS) is 43.0. The first-order chi connectivity index (χ1) is 14.6. The first-order valence-electron chi connectivity index (χ1n) is 13.7. The van der Waals surface area contributed by atoms with Crippen molar-refractivity contribution in [3.05, 3.63) is 0 Å². The molecule has 0 spiro atoms. The third-order valence-corrected chi connectivity index (χ3v) is 10.2. The van der Waals surface area contributed by atoms with Gasteiger partial charge in [-0.1, -0.05) is 33.1 Å². The molecule has 3 heteroatoms. The van der Waals surface area contributed by atoms with Gasteiger partial charge in [-0.3, -0.25) is 4.99 Å². The van der Waals surface area contributed by atoms with Crippen molar-refractivity contribution >= 4 is 5.96 Å². The highest BCUT2D eigenvalue weighted by molar-refractivity contribution is 5.84. The monoisotopic (exact) mass is 411 g/mol. The maximum atomic E-state index is 5.23. The van der Waals surface area contributed by atoms with Gasteiger partial charge in [-0.2, -0.15) is 0 Å². The number of fused-ring (bicyclic) bond motifs is 1. The van der Waals surface area contributed by atoms with E-state index < -0.39 is 0 Å². The van der Waals surface area contributed by atoms with Gasteiger partial charge >= 0.3 is 0 Å². The van der Waals surface area contributed by atoms with Crippen LogP contribution in [-0.4, -0.2) is 47.5 Å². The molecule has 0 amide bonds. The quantitative estimate of drug-likeness (QED) is 0.538. The summed E-state index contributed by atoms with van der Waals surface area (Å²) < 4.78 is 0. The molecule has 7 rings (SSSR count). The lowest BCUT2D eigenvalue weighted by Gasteiger charge is -2.57. The summed E-state index contributed by atoms with van der Waals surface area (Å²) in [6, 6.07) is 1.43. The average molecular weight is 412 g/mol. The van der Waals surface area contributed by atoms with Gasteiger partial charge in [-0.05, 0) is 99.2 Å². The Bertz CT molecular complexity index is 626. The minimum Gasteiger partial charge on any atom is -0.338 e. The molecule has 2 atom stereocenters. The lowest BCUT2D eigenvalue weighted by atomic mass is 9.49. The highest BCUT2D eigenvalue weighted by Crippen LogP contribution is 2.61. The topological polar surface area (TPSA) is 18.8 Å². The highest BCUT2D eigenvalue weighted by atomic mass is 15.5. The van der Waals surface area contributed by atoms with Crippen molar-refractivity contribution in [2.75, 3.05) is 19.6 Å². The van der Waals surface area contributed by atoms with Gasteiger partial charge in [-0.25, -0.2) is 0 Å². The molecular weight excluding hydrogens is 366 g/mol. The molecule has 0 aromatic carbocycles. The zero-order valence-electron chi connectivity index (χ0n) is 19.7. The van der Waals surface area contributed by atoms with Gasteiger partial charge in [0.1, 0.15) is 0 Å². The van der Waals surface area contributed by atoms with E-state index in [2.05, 4.69) is 23.6 Å². The predicted octanol–water partition coefficient (Wildman–Crippen LogP) is 5.94. The molecule has 168 valence electrons. The smallest absolute Gasteiger partial charge is 0.197 e. The van der Waals surface area contributed by atoms with Crippen LogP contribution in [0.25, 0.3) is 0 Å². The Morgan fingerprint density at radius 1 is 0.967 bits per heavy atom. The largest absolute Gasteiger partial charge is 0.338 e. The molecule has 0 N–H and O–H groups in total. The van der Waals surface area contributed by atoms with Crippen molar-refractivity contribution in [3.63, 3.8) is 0 Å². The van der Waals surface area contributed by atoms with Gasteiger partial charge in [0, 0.05) is 19.1 Å². The summed E-state index contributed by atoms with van der Waals surface area (Å²) in [7, 11) is 0. The van der Waals surface area contributed by atoms with Crippen LogP contribution in [0.5, 0.6) is 0 Å². The number of rotatable bonds is 6. The van der Waals surface area contributed by atoms with Gasteiger partial charge in [0.05, 0.1) is 12.6 Å². The number of hydrogen-bond acceptors (Lipinski definition) is 3. The fraction of sp³-hybridized carbons (Fsp3) is 0.963. The fourth-order valence-corrected chi connectivity index (χ4v) is 9.38. The number of aliphatic imine (C=N–C) groups is 1. The molecule has 0 unspecified atom stereocenters. The van der Waals surface area contributed by atoms with Crippen LogP contribution in [0.1, 0.15) is 97.3 Å². The third-order valence-electron chi connectivity index (χ3n) is 10.2. The Morgan fingerprint density at radius 3 is 2.27 bits per heavy atom. The summed E-state index contributed by atoms with van der Waals surface area (Å²) in [4.78, 5) is 10.8. The Balaban J connectivity index is 1.16. The van der Waals surface area contributed by atoms with Crippen molar-refractivity contribution < 1.29 is 0 Å². The Hall–Kier alpha value is -0.730. The van der Waals surface area contributed by atoms with E-state index in [1.54, 1.807) is 38.5 Å². The zero-order chi connectivity index (χ0) is 20.3. The molecule has 6 fully saturated rings. The third kappa shape index (κ3) is 3.51. The molecule has 5 saturated carbocycles. The molecule has 7 aliphatic rings. The van der Waals surface area contributed by atoms with Crippen LogP contribution in [0, 0.1) is 35.0 Å². The highest BCUT2D eigenvalue weighted by Gasteiger charge is 2.51. The van der Waals surface area contributed by atoms with E-state index in [4.69, 9.17) is 4.99 Å². The van der Waals surface area contributed by atoms with Gasteiger partial charge in [0.15, 0.2) is 5.96 Å². The molecule has 0 aromatic heterocycles. The number of hydrogen-bond donors (Lipinski definition) is 0. The average Bonchev–Trinajstić information content (AvgIpc) is 3.24. The van der Waals surface area contributed by atoms with Crippen molar-refractivity contribution in [1.82, 2.24) is 9.80 Å². The standard InChI is InChI=1S/C27H45N3/c1-19(2)10-24-18-30-25(23-6-4-3-5-7-23)17-28-26(30)29(24)9-8-27-14-20-11-21(15-27)13-22(12-20)16-27/h19-25H,3-18H2,1-2H3/t20?,21?,22?,24-,25-,27?/m1/s1. The number of guanidine groups is 1. The van der Waals surface area contributed by atoms with Crippen LogP contribution in [0.15, 0.2) is 4.99 Å². The number of nitrogens with zero attached hydrogens (tertiary/aromatic N) is 3. The summed E-state index contributed by atoms with van der Waals surface area (Å²) in [5, 5.41) is 0. The molecule has 2 aliphatic heterocycles. The van der Waals surface area contributed by atoms with E-state index >= 15 is 0 Å². The minimum atomic E-state index is 0.701. The van der Waals surface area contributed by atoms with E-state index in [1.807, 2.05) is 0 Å². The van der Waals surface area contributed by atoms with Gasteiger partial charge in [-0.15, -0.1) is 0 Å². The molecular formula is C27H45N3. The van der Waals surface area contributed by atoms with E-state index in [0.29, 0.717) is 11.5 Å². The second-order valence-electron chi connectivity index (χ2n) is 12.9. The van der Waals surface area contributed by atoms with E-state index in [0.717, 1.165) is 42.2 Å². The van der Waals surface area contributed by atoms with Crippen LogP contribution in [0.3, 0.4) is 0 Å². The maximum Gasteiger partial charge on any atom is 0.197 e. The van der Waals surface area contributed by atoms with Crippen LogP contribution in [-0.2, 0) is 0 Å². The summed E-state index contributed by atoms with van der Waals surface area (Å²) >= 11 is 0. The van der Waals surface area contributed by atoms with Crippen LogP contribution in [0.4, 0.5) is 0 Å². The van der Waals surface area contributed by atoms with Crippen LogP contribution >= 0.6 is 0 Å². The molecule has 4 bridgehead atoms. The molecule has 2 heterocycles. The second-order valence-corrected chi connectivity index (χ2v) is 12.9. The van der Waals surface area contributed by atoms with Gasteiger partial charge < -0.3 is 9.80 Å². The minimum absolute atomic E-state index is 0.701. The van der Waals surface area contributed by atoms with E-state index in [9.17, 15) is 0 Å². The van der Waals surface area contributed by atoms with Crippen LogP contribution in [0.2, 0.25) is 0 Å². The van der Waals surface area contributed by atoms with Crippen molar-refractivity contribution in [1.29, 1.82) is 0 Å². The molecule has 3 nitrogen and oxygen atoms in total. The Morgan fingerprint density at radius 2 is 1.63 bits per heavy atom. The van der Waals surface area contributed by atoms with Crippen molar-refractivity contribution in [2.45, 2.75) is 109 Å². The second kappa shape index (κ2) is 7.69. The fourth-order valence-electron chi connectivity index (χ4n) is 9.38. The molecule has 5 aliphatic carbocycles.